The maximum Gasteiger partial charge on any atom is 0.251 e. The van der Waals surface area contributed by atoms with E-state index < -0.39 is 0 Å². The first-order valence-corrected chi connectivity index (χ1v) is 8.90. The molecule has 1 heterocycles. The fourth-order valence-corrected chi connectivity index (χ4v) is 2.56. The zero-order valence-electron chi connectivity index (χ0n) is 15.8. The van der Waals surface area contributed by atoms with E-state index in [4.69, 9.17) is 0 Å². The van der Waals surface area contributed by atoms with Crippen LogP contribution in [0.5, 0.6) is 0 Å². The Morgan fingerprint density at radius 2 is 1.89 bits per heavy atom. The Bertz CT molecular complexity index is 944. The molecule has 6 nitrogen and oxygen atoms in total. The van der Waals surface area contributed by atoms with Gasteiger partial charge in [0.1, 0.15) is 5.82 Å². The number of hydrogen-bond acceptors (Lipinski definition) is 5. The van der Waals surface area contributed by atoms with Crippen LogP contribution in [0, 0.1) is 5.82 Å². The molecule has 28 heavy (non-hydrogen) atoms. The molecule has 0 aliphatic rings. The van der Waals surface area contributed by atoms with Gasteiger partial charge >= 0.3 is 0 Å². The van der Waals surface area contributed by atoms with Gasteiger partial charge in [-0.15, -0.1) is 0 Å². The predicted octanol–water partition coefficient (Wildman–Crippen LogP) is 3.32. The lowest BCUT2D eigenvalue weighted by Gasteiger charge is -2.11. The van der Waals surface area contributed by atoms with E-state index in [9.17, 15) is 9.18 Å². The molecule has 0 unspecified atom stereocenters. The lowest BCUT2D eigenvalue weighted by molar-refractivity contribution is 0.0951. The second-order valence-corrected chi connectivity index (χ2v) is 6.54. The zero-order valence-corrected chi connectivity index (χ0v) is 15.8. The smallest absolute Gasteiger partial charge is 0.251 e. The van der Waals surface area contributed by atoms with Crippen LogP contribution in [0.2, 0.25) is 0 Å². The van der Waals surface area contributed by atoms with E-state index in [1.54, 1.807) is 36.5 Å². The normalized spacial score (nSPS) is 10.7. The molecule has 0 saturated carbocycles. The molecular weight excluding hydrogens is 357 g/mol. The van der Waals surface area contributed by atoms with Crippen LogP contribution in [0.3, 0.4) is 0 Å². The van der Waals surface area contributed by atoms with Gasteiger partial charge in [0.2, 0.25) is 5.95 Å². The van der Waals surface area contributed by atoms with Crippen LogP contribution in [0.25, 0.3) is 11.3 Å². The minimum Gasteiger partial charge on any atom is -0.351 e. The quantitative estimate of drug-likeness (QED) is 0.659. The highest BCUT2D eigenvalue weighted by molar-refractivity contribution is 5.94. The van der Waals surface area contributed by atoms with Gasteiger partial charge in [-0.3, -0.25) is 4.79 Å². The van der Waals surface area contributed by atoms with E-state index >= 15 is 0 Å². The monoisotopic (exact) mass is 379 g/mol. The summed E-state index contributed by atoms with van der Waals surface area (Å²) in [6, 6.07) is 15.1. The maximum atomic E-state index is 13.3. The number of nitrogens with zero attached hydrogens (tertiary/aromatic N) is 3. The van der Waals surface area contributed by atoms with Crippen molar-refractivity contribution in [1.82, 2.24) is 20.2 Å². The molecule has 3 rings (SSSR count). The Labute approximate surface area is 163 Å². The first-order chi connectivity index (χ1) is 13.5. The van der Waals surface area contributed by atoms with E-state index in [1.807, 2.05) is 31.1 Å². The molecular formula is C21H22FN5O. The summed E-state index contributed by atoms with van der Waals surface area (Å²) in [7, 11) is 3.92. The summed E-state index contributed by atoms with van der Waals surface area (Å²) >= 11 is 0. The third kappa shape index (κ3) is 5.34. The lowest BCUT2D eigenvalue weighted by Crippen LogP contribution is -2.31. The van der Waals surface area contributed by atoms with E-state index in [1.165, 1.54) is 12.1 Å². The van der Waals surface area contributed by atoms with Gasteiger partial charge in [-0.25, -0.2) is 14.4 Å². The summed E-state index contributed by atoms with van der Waals surface area (Å²) in [4.78, 5) is 22.8. The standard InChI is InChI=1S/C21H22FN5O/c1-27(2)13-12-23-20(28)16-8-6-15(7-9-16)19-10-11-24-21(26-19)25-18-5-3-4-17(22)14-18/h3-11,14H,12-13H2,1-2H3,(H,23,28)(H,24,25,26). The Kier molecular flexibility index (Phi) is 6.29. The molecule has 144 valence electrons. The van der Waals surface area contributed by atoms with Crippen molar-refractivity contribution >= 4 is 17.5 Å². The number of aromatic nitrogens is 2. The maximum absolute atomic E-state index is 13.3. The van der Waals surface area contributed by atoms with Crippen LogP contribution in [-0.4, -0.2) is 48.0 Å². The lowest BCUT2D eigenvalue weighted by atomic mass is 10.1. The molecule has 0 radical (unpaired) electrons. The number of rotatable bonds is 7. The van der Waals surface area contributed by atoms with Crippen molar-refractivity contribution in [2.45, 2.75) is 0 Å². The molecule has 0 atom stereocenters. The summed E-state index contributed by atoms with van der Waals surface area (Å²) in [5, 5.41) is 5.87. The fraction of sp³-hybridized carbons (Fsp3) is 0.190. The number of nitrogens with one attached hydrogen (secondary N) is 2. The Hall–Kier alpha value is -3.32. The van der Waals surface area contributed by atoms with Gasteiger partial charge in [-0.05, 0) is 50.5 Å². The molecule has 0 aliphatic carbocycles. The second kappa shape index (κ2) is 9.05. The van der Waals surface area contributed by atoms with Gasteiger partial charge in [-0.2, -0.15) is 0 Å². The van der Waals surface area contributed by atoms with Gasteiger partial charge in [0, 0.05) is 36.1 Å². The predicted molar refractivity (Wildman–Crippen MR) is 108 cm³/mol. The van der Waals surface area contributed by atoms with Gasteiger partial charge in [0.05, 0.1) is 5.69 Å². The first kappa shape index (κ1) is 19.4. The van der Waals surface area contributed by atoms with Crippen LogP contribution >= 0.6 is 0 Å². The fourth-order valence-electron chi connectivity index (χ4n) is 2.56. The number of amides is 1. The third-order valence-corrected chi connectivity index (χ3v) is 4.02. The van der Waals surface area contributed by atoms with Gasteiger partial charge in [-0.1, -0.05) is 18.2 Å². The molecule has 2 aromatic carbocycles. The number of carbonyl (C=O) groups is 1. The Balaban J connectivity index is 1.69. The van der Waals surface area contributed by atoms with Crippen molar-refractivity contribution in [1.29, 1.82) is 0 Å². The Morgan fingerprint density at radius 3 is 2.61 bits per heavy atom. The average Bonchev–Trinajstić information content (AvgIpc) is 2.68. The minimum atomic E-state index is -0.333. The summed E-state index contributed by atoms with van der Waals surface area (Å²) in [5.41, 5.74) is 2.72. The molecule has 1 aromatic heterocycles. The molecule has 7 heteroatoms. The van der Waals surface area contributed by atoms with Crippen LogP contribution in [0.4, 0.5) is 16.0 Å². The number of benzene rings is 2. The number of anilines is 2. The molecule has 1 amide bonds. The van der Waals surface area contributed by atoms with Crippen LogP contribution < -0.4 is 10.6 Å². The van der Waals surface area contributed by atoms with E-state index in [2.05, 4.69) is 20.6 Å². The average molecular weight is 379 g/mol. The van der Waals surface area contributed by atoms with Crippen molar-refractivity contribution in [2.24, 2.45) is 0 Å². The third-order valence-electron chi connectivity index (χ3n) is 4.02. The SMILES string of the molecule is CN(C)CCNC(=O)c1ccc(-c2ccnc(Nc3cccc(F)c3)n2)cc1. The van der Waals surface area contributed by atoms with Crippen molar-refractivity contribution in [3.05, 3.63) is 72.2 Å². The van der Waals surface area contributed by atoms with Gasteiger partial charge < -0.3 is 15.5 Å². The number of likely N-dealkylation sites (N-methyl/N-ethyl adjacent to an activating group) is 1. The molecule has 0 saturated heterocycles. The van der Waals surface area contributed by atoms with Gasteiger partial charge in [0.25, 0.3) is 5.91 Å². The van der Waals surface area contributed by atoms with Crippen LogP contribution in [0.1, 0.15) is 10.4 Å². The molecule has 0 spiro atoms. The van der Waals surface area contributed by atoms with E-state index in [0.717, 1.165) is 12.1 Å². The van der Waals surface area contributed by atoms with Crippen molar-refractivity contribution < 1.29 is 9.18 Å². The summed E-state index contributed by atoms with van der Waals surface area (Å²) < 4.78 is 13.3. The number of hydrogen-bond donors (Lipinski definition) is 2. The van der Waals surface area contributed by atoms with Crippen LogP contribution in [0.15, 0.2) is 60.8 Å². The van der Waals surface area contributed by atoms with Crippen molar-refractivity contribution in [3.8, 4) is 11.3 Å². The highest BCUT2D eigenvalue weighted by Gasteiger charge is 2.07. The Morgan fingerprint density at radius 1 is 1.11 bits per heavy atom. The summed E-state index contributed by atoms with van der Waals surface area (Å²) in [5.74, 6) is -0.0706. The van der Waals surface area contributed by atoms with Crippen molar-refractivity contribution in [2.75, 3.05) is 32.5 Å². The van der Waals surface area contributed by atoms with E-state index in [0.29, 0.717) is 29.4 Å². The second-order valence-electron chi connectivity index (χ2n) is 6.54. The van der Waals surface area contributed by atoms with Crippen molar-refractivity contribution in [3.63, 3.8) is 0 Å². The largest absolute Gasteiger partial charge is 0.351 e. The highest BCUT2D eigenvalue weighted by Crippen LogP contribution is 2.20. The summed E-state index contributed by atoms with van der Waals surface area (Å²) in [6.07, 6.45) is 1.63. The van der Waals surface area contributed by atoms with E-state index in [-0.39, 0.29) is 11.7 Å². The first-order valence-electron chi connectivity index (χ1n) is 8.90. The minimum absolute atomic E-state index is 0.107. The summed E-state index contributed by atoms with van der Waals surface area (Å²) in [6.45, 7) is 1.38. The number of halogens is 1. The molecule has 3 aromatic rings. The highest BCUT2D eigenvalue weighted by atomic mass is 19.1. The number of carbonyl (C=O) groups excluding carboxylic acids is 1. The molecule has 2 N–H and O–H groups in total. The molecule has 0 bridgehead atoms. The van der Waals surface area contributed by atoms with Gasteiger partial charge in [0.15, 0.2) is 0 Å². The zero-order chi connectivity index (χ0) is 19.9. The topological polar surface area (TPSA) is 70.2 Å². The molecule has 0 aliphatic heterocycles. The molecule has 0 fully saturated rings. The van der Waals surface area contributed by atoms with Crippen LogP contribution in [-0.2, 0) is 0 Å².